The van der Waals surface area contributed by atoms with E-state index in [1.165, 1.54) is 23.2 Å². The standard InChI is InChI=1S/C24H26F3N5O3/c1-14(2)20-18(13-29-32(20)19-5-4-16(12-28-19)24(25,26)27)23(34)31-9-6-17(7-10-31)30-22(33)21-15(3)8-11-35-21/h4-5,8,11-14,17H,6-7,9-10H2,1-3H3,(H,30,33). The molecule has 0 aliphatic carbocycles. The Kier molecular flexibility index (Phi) is 6.68. The van der Waals surface area contributed by atoms with Crippen LogP contribution in [-0.2, 0) is 6.18 Å². The second kappa shape index (κ2) is 9.55. The van der Waals surface area contributed by atoms with Crippen LogP contribution in [0.5, 0.6) is 0 Å². The van der Waals surface area contributed by atoms with Gasteiger partial charge in [-0.25, -0.2) is 9.67 Å². The molecule has 0 radical (unpaired) electrons. The van der Waals surface area contributed by atoms with Crippen LogP contribution in [0.25, 0.3) is 5.82 Å². The summed E-state index contributed by atoms with van der Waals surface area (Å²) in [4.78, 5) is 31.3. The molecule has 3 aromatic heterocycles. The normalized spacial score (nSPS) is 15.0. The van der Waals surface area contributed by atoms with Crippen LogP contribution in [0.15, 0.2) is 41.3 Å². The molecule has 8 nitrogen and oxygen atoms in total. The van der Waals surface area contributed by atoms with Gasteiger partial charge in [0.1, 0.15) is 0 Å². The summed E-state index contributed by atoms with van der Waals surface area (Å²) in [6, 6.07) is 3.83. The molecular weight excluding hydrogens is 463 g/mol. The highest BCUT2D eigenvalue weighted by Crippen LogP contribution is 2.30. The number of furan rings is 1. The smallest absolute Gasteiger partial charge is 0.417 e. The van der Waals surface area contributed by atoms with Gasteiger partial charge in [-0.05, 0) is 43.9 Å². The summed E-state index contributed by atoms with van der Waals surface area (Å²) in [5, 5.41) is 7.22. The van der Waals surface area contributed by atoms with Crippen LogP contribution in [0.2, 0.25) is 0 Å². The molecule has 0 bridgehead atoms. The molecule has 3 aromatic rings. The molecule has 0 atom stereocenters. The molecule has 35 heavy (non-hydrogen) atoms. The van der Waals surface area contributed by atoms with Crippen molar-refractivity contribution in [3.8, 4) is 5.82 Å². The molecule has 1 aliphatic heterocycles. The van der Waals surface area contributed by atoms with E-state index in [0.717, 1.165) is 17.8 Å². The summed E-state index contributed by atoms with van der Waals surface area (Å²) in [5.74, 6) is -0.123. The molecular formula is C24H26F3N5O3. The number of carbonyl (C=O) groups is 2. The van der Waals surface area contributed by atoms with E-state index in [4.69, 9.17) is 4.42 Å². The minimum Gasteiger partial charge on any atom is -0.459 e. The number of nitrogens with one attached hydrogen (secondary N) is 1. The molecule has 1 N–H and O–H groups in total. The Morgan fingerprint density at radius 3 is 2.40 bits per heavy atom. The summed E-state index contributed by atoms with van der Waals surface area (Å²) in [6.45, 7) is 6.45. The maximum atomic E-state index is 13.3. The highest BCUT2D eigenvalue weighted by Gasteiger charge is 2.32. The molecule has 4 rings (SSSR count). The topological polar surface area (TPSA) is 93.3 Å². The zero-order valence-electron chi connectivity index (χ0n) is 19.6. The number of nitrogens with zero attached hydrogens (tertiary/aromatic N) is 4. The molecule has 0 unspecified atom stereocenters. The van der Waals surface area contributed by atoms with E-state index in [-0.39, 0.29) is 35.4 Å². The van der Waals surface area contributed by atoms with Gasteiger partial charge in [0.15, 0.2) is 11.6 Å². The first-order chi connectivity index (χ1) is 16.6. The third-order valence-electron chi connectivity index (χ3n) is 6.06. The van der Waals surface area contributed by atoms with E-state index in [0.29, 0.717) is 37.2 Å². The third kappa shape index (κ3) is 5.08. The molecule has 0 saturated carbocycles. The van der Waals surface area contributed by atoms with E-state index in [1.807, 2.05) is 13.8 Å². The molecule has 0 spiro atoms. The van der Waals surface area contributed by atoms with E-state index >= 15 is 0 Å². The molecule has 4 heterocycles. The first-order valence-corrected chi connectivity index (χ1v) is 11.3. The lowest BCUT2D eigenvalue weighted by molar-refractivity contribution is -0.137. The van der Waals surface area contributed by atoms with Crippen molar-refractivity contribution in [2.24, 2.45) is 0 Å². The number of aryl methyl sites for hydroxylation is 1. The summed E-state index contributed by atoms with van der Waals surface area (Å²) < 4.78 is 45.3. The van der Waals surface area contributed by atoms with Gasteiger partial charge < -0.3 is 14.6 Å². The predicted octanol–water partition coefficient (Wildman–Crippen LogP) is 4.35. The average molecular weight is 489 g/mol. The number of carbonyl (C=O) groups excluding carboxylic acids is 2. The number of hydrogen-bond donors (Lipinski definition) is 1. The van der Waals surface area contributed by atoms with E-state index in [2.05, 4.69) is 15.4 Å². The van der Waals surface area contributed by atoms with Crippen molar-refractivity contribution >= 4 is 11.8 Å². The first-order valence-electron chi connectivity index (χ1n) is 11.3. The Bertz CT molecular complexity index is 1210. The van der Waals surface area contributed by atoms with Gasteiger partial charge in [-0.2, -0.15) is 18.3 Å². The largest absolute Gasteiger partial charge is 0.459 e. The third-order valence-corrected chi connectivity index (χ3v) is 6.06. The SMILES string of the molecule is Cc1ccoc1C(=O)NC1CCN(C(=O)c2cnn(-c3ccc(C(F)(F)F)cn3)c2C(C)C)CC1. The quantitative estimate of drug-likeness (QED) is 0.575. The van der Waals surface area contributed by atoms with Crippen molar-refractivity contribution in [1.29, 1.82) is 0 Å². The fraction of sp³-hybridized carbons (Fsp3) is 0.417. The number of aromatic nitrogens is 3. The number of hydrogen-bond acceptors (Lipinski definition) is 5. The zero-order chi connectivity index (χ0) is 25.3. The maximum absolute atomic E-state index is 13.3. The van der Waals surface area contributed by atoms with Gasteiger partial charge in [0.05, 0.1) is 29.3 Å². The van der Waals surface area contributed by atoms with Gasteiger partial charge in [-0.1, -0.05) is 13.8 Å². The Balaban J connectivity index is 1.46. The lowest BCUT2D eigenvalue weighted by Crippen LogP contribution is -2.46. The molecule has 186 valence electrons. The van der Waals surface area contributed by atoms with Crippen molar-refractivity contribution in [1.82, 2.24) is 25.0 Å². The molecule has 2 amide bonds. The molecule has 1 aliphatic rings. The van der Waals surface area contributed by atoms with Crippen LogP contribution in [0.3, 0.4) is 0 Å². The van der Waals surface area contributed by atoms with Crippen LogP contribution in [0, 0.1) is 6.92 Å². The number of amides is 2. The Labute approximate surface area is 200 Å². The summed E-state index contributed by atoms with van der Waals surface area (Å²) in [5.41, 5.74) is 0.866. The summed E-state index contributed by atoms with van der Waals surface area (Å²) >= 11 is 0. The number of alkyl halides is 3. The summed E-state index contributed by atoms with van der Waals surface area (Å²) in [7, 11) is 0. The molecule has 1 saturated heterocycles. The lowest BCUT2D eigenvalue weighted by atomic mass is 10.0. The van der Waals surface area contributed by atoms with Crippen molar-refractivity contribution < 1.29 is 27.2 Å². The van der Waals surface area contributed by atoms with Crippen LogP contribution in [0.4, 0.5) is 13.2 Å². The number of rotatable bonds is 5. The number of pyridine rings is 1. The Morgan fingerprint density at radius 1 is 1.14 bits per heavy atom. The van der Waals surface area contributed by atoms with E-state index in [1.54, 1.807) is 17.9 Å². The fourth-order valence-corrected chi connectivity index (χ4v) is 4.19. The van der Waals surface area contributed by atoms with Gasteiger partial charge in [-0.15, -0.1) is 0 Å². The van der Waals surface area contributed by atoms with Crippen molar-refractivity contribution in [2.45, 2.75) is 51.7 Å². The van der Waals surface area contributed by atoms with E-state index < -0.39 is 11.7 Å². The maximum Gasteiger partial charge on any atom is 0.417 e. The van der Waals surface area contributed by atoms with Crippen LogP contribution in [-0.4, -0.2) is 50.6 Å². The second-order valence-electron chi connectivity index (χ2n) is 8.89. The van der Waals surface area contributed by atoms with Gasteiger partial charge >= 0.3 is 6.18 Å². The minimum atomic E-state index is -4.49. The number of piperidine rings is 1. The highest BCUT2D eigenvalue weighted by molar-refractivity contribution is 5.95. The first kappa shape index (κ1) is 24.5. The van der Waals surface area contributed by atoms with Crippen LogP contribution < -0.4 is 5.32 Å². The Hall–Kier alpha value is -3.63. The van der Waals surface area contributed by atoms with E-state index in [9.17, 15) is 22.8 Å². The van der Waals surface area contributed by atoms with Crippen LogP contribution in [0.1, 0.15) is 70.3 Å². The van der Waals surface area contributed by atoms with Crippen molar-refractivity contribution in [2.75, 3.05) is 13.1 Å². The second-order valence-corrected chi connectivity index (χ2v) is 8.89. The average Bonchev–Trinajstić information content (AvgIpc) is 3.45. The lowest BCUT2D eigenvalue weighted by Gasteiger charge is -2.32. The van der Waals surface area contributed by atoms with Crippen molar-refractivity contribution in [3.63, 3.8) is 0 Å². The van der Waals surface area contributed by atoms with Crippen molar-refractivity contribution in [3.05, 3.63) is 65.0 Å². The number of halogens is 3. The van der Waals surface area contributed by atoms with Crippen LogP contribution >= 0.6 is 0 Å². The van der Waals surface area contributed by atoms with Gasteiger partial charge in [-0.3, -0.25) is 9.59 Å². The predicted molar refractivity (Wildman–Crippen MR) is 120 cm³/mol. The zero-order valence-corrected chi connectivity index (χ0v) is 19.6. The highest BCUT2D eigenvalue weighted by atomic mass is 19.4. The molecule has 0 aromatic carbocycles. The Morgan fingerprint density at radius 2 is 1.86 bits per heavy atom. The molecule has 11 heteroatoms. The summed E-state index contributed by atoms with van der Waals surface area (Å²) in [6.07, 6.45) is 0.348. The molecule has 1 fully saturated rings. The van der Waals surface area contributed by atoms with Gasteiger partial charge in [0.2, 0.25) is 0 Å². The van der Waals surface area contributed by atoms with Gasteiger partial charge in [0.25, 0.3) is 11.8 Å². The monoisotopic (exact) mass is 489 g/mol. The fourth-order valence-electron chi connectivity index (χ4n) is 4.19. The number of likely N-dealkylation sites (tertiary alicyclic amines) is 1. The minimum absolute atomic E-state index is 0.0836. The van der Waals surface area contributed by atoms with Gasteiger partial charge in [0, 0.05) is 30.9 Å².